The fourth-order valence-electron chi connectivity index (χ4n) is 0.546. The lowest BCUT2D eigenvalue weighted by molar-refractivity contribution is 0.795. The molecule has 0 saturated carbocycles. The maximum absolute atomic E-state index is 6.90. The summed E-state index contributed by atoms with van der Waals surface area (Å²) in [5.41, 5.74) is 10.4. The average Bonchev–Trinajstić information content (AvgIpc) is 1.61. The van der Waals surface area contributed by atoms with Crippen molar-refractivity contribution in [2.45, 2.75) is 0 Å². The summed E-state index contributed by atoms with van der Waals surface area (Å²) >= 11 is 0. The van der Waals surface area contributed by atoms with Crippen LogP contribution in [0.15, 0.2) is 4.99 Å². The van der Waals surface area contributed by atoms with Crippen molar-refractivity contribution < 1.29 is 0 Å². The van der Waals surface area contributed by atoms with Gasteiger partial charge in [-0.15, -0.1) is 0 Å². The monoisotopic (exact) mass is 112 g/mol. The van der Waals surface area contributed by atoms with Crippen LogP contribution in [0.1, 0.15) is 0 Å². The quantitative estimate of drug-likeness (QED) is 0.297. The van der Waals surface area contributed by atoms with Crippen LogP contribution in [0.2, 0.25) is 0 Å². The Kier molecular flexibility index (Phi) is 0.932. The molecule has 0 saturated heterocycles. The maximum atomic E-state index is 6.90. The number of hydrogen-bond acceptors (Lipinski definition) is 3. The van der Waals surface area contributed by atoms with Crippen molar-refractivity contribution in [2.75, 3.05) is 6.54 Å². The summed E-state index contributed by atoms with van der Waals surface area (Å²) in [6.07, 6.45) is 0. The van der Waals surface area contributed by atoms with E-state index in [0.29, 0.717) is 12.4 Å². The molecular weight excluding hydrogens is 104 g/mol. The summed E-state index contributed by atoms with van der Waals surface area (Å²) < 4.78 is 0. The summed E-state index contributed by atoms with van der Waals surface area (Å²) in [7, 11) is 0. The number of rotatable bonds is 1. The Hall–Kier alpha value is -1.06. The molecule has 1 rings (SSSR count). The molecule has 4 heteroatoms. The lowest BCUT2D eigenvalue weighted by Crippen LogP contribution is -2.43. The fourth-order valence-corrected chi connectivity index (χ4v) is 0.546. The predicted octanol–water partition coefficient (Wildman–Crippen LogP) is -1.09. The number of hydrogen-bond donors (Lipinski definition) is 3. The van der Waals surface area contributed by atoms with Crippen molar-refractivity contribution in [3.05, 3.63) is 0 Å². The van der Waals surface area contributed by atoms with E-state index in [1.807, 2.05) is 0 Å². The minimum Gasteiger partial charge on any atom is -0.387 e. The van der Waals surface area contributed by atoms with Gasteiger partial charge in [-0.25, -0.2) is 0 Å². The van der Waals surface area contributed by atoms with Crippen molar-refractivity contribution in [1.29, 1.82) is 5.41 Å². The van der Waals surface area contributed by atoms with E-state index in [1.165, 1.54) is 0 Å². The minimum absolute atomic E-state index is 0.0602. The third-order valence-corrected chi connectivity index (χ3v) is 1.19. The van der Waals surface area contributed by atoms with Crippen molar-refractivity contribution in [3.8, 4) is 0 Å². The molecule has 8 heavy (non-hydrogen) atoms. The Bertz CT molecular complexity index is 148. The molecule has 0 aromatic rings. The van der Waals surface area contributed by atoms with Crippen molar-refractivity contribution in [1.82, 2.24) is 0 Å². The Balaban J connectivity index is 2.55. The van der Waals surface area contributed by atoms with Gasteiger partial charge in [0.05, 0.1) is 12.5 Å². The molecule has 0 amide bonds. The molecule has 1 heterocycles. The number of nitrogens with zero attached hydrogens (tertiary/aromatic N) is 1. The summed E-state index contributed by atoms with van der Waals surface area (Å²) in [4.78, 5) is 3.75. The van der Waals surface area contributed by atoms with E-state index in [9.17, 15) is 0 Å². The van der Waals surface area contributed by atoms with Gasteiger partial charge in [-0.3, -0.25) is 10.4 Å². The number of aliphatic imine (C=N–C) groups is 1. The standard InChI is InChI=1S/C4H8N4/c5-3(6)2-1-8-4(2)7/h2H,1H2,(H3,5,6)(H2,7,8). The third-order valence-electron chi connectivity index (χ3n) is 1.19. The van der Waals surface area contributed by atoms with Gasteiger partial charge in [0.15, 0.2) is 0 Å². The fraction of sp³-hybridized carbons (Fsp3) is 0.500. The summed E-state index contributed by atoms with van der Waals surface area (Å²) in [6, 6.07) is 0. The SMILES string of the molecule is N=C(N)C1CN=C1N. The topological polar surface area (TPSA) is 88.2 Å². The van der Waals surface area contributed by atoms with Crippen LogP contribution in [0, 0.1) is 11.3 Å². The molecule has 0 bridgehead atoms. The van der Waals surface area contributed by atoms with Crippen molar-refractivity contribution in [3.63, 3.8) is 0 Å². The first-order valence-corrected chi connectivity index (χ1v) is 2.35. The van der Waals surface area contributed by atoms with Crippen LogP contribution in [0.25, 0.3) is 0 Å². The molecule has 0 aliphatic carbocycles. The molecule has 0 fully saturated rings. The molecular formula is C4H8N4. The molecule has 1 unspecified atom stereocenters. The third kappa shape index (κ3) is 0.538. The van der Waals surface area contributed by atoms with Gasteiger partial charge in [-0.05, 0) is 0 Å². The number of nitrogens with one attached hydrogen (secondary N) is 1. The second-order valence-electron chi connectivity index (χ2n) is 1.77. The zero-order chi connectivity index (χ0) is 6.15. The van der Waals surface area contributed by atoms with E-state index in [-0.39, 0.29) is 11.8 Å². The van der Waals surface area contributed by atoms with E-state index in [4.69, 9.17) is 16.9 Å². The first-order chi connectivity index (χ1) is 3.72. The van der Waals surface area contributed by atoms with Gasteiger partial charge in [0.25, 0.3) is 0 Å². The Morgan fingerprint density at radius 2 is 2.50 bits per heavy atom. The van der Waals surface area contributed by atoms with Crippen molar-refractivity contribution >= 4 is 11.7 Å². The van der Waals surface area contributed by atoms with Crippen LogP contribution in [0.5, 0.6) is 0 Å². The molecule has 5 N–H and O–H groups in total. The second kappa shape index (κ2) is 1.47. The number of amidine groups is 2. The molecule has 0 spiro atoms. The van der Waals surface area contributed by atoms with Gasteiger partial charge in [0.2, 0.25) is 0 Å². The molecule has 44 valence electrons. The van der Waals surface area contributed by atoms with Gasteiger partial charge < -0.3 is 11.5 Å². The molecule has 1 atom stereocenters. The molecule has 0 radical (unpaired) electrons. The van der Waals surface area contributed by atoms with Gasteiger partial charge in [0.1, 0.15) is 11.7 Å². The van der Waals surface area contributed by atoms with Crippen LogP contribution in [0.3, 0.4) is 0 Å². The van der Waals surface area contributed by atoms with Crippen LogP contribution >= 0.6 is 0 Å². The van der Waals surface area contributed by atoms with E-state index < -0.39 is 0 Å². The molecule has 1 aliphatic heterocycles. The van der Waals surface area contributed by atoms with Crippen LogP contribution in [-0.4, -0.2) is 18.2 Å². The normalized spacial score (nSPS) is 26.0. The average molecular weight is 112 g/mol. The molecule has 0 aromatic heterocycles. The first kappa shape index (κ1) is 5.08. The largest absolute Gasteiger partial charge is 0.387 e. The lowest BCUT2D eigenvalue weighted by Gasteiger charge is -2.20. The van der Waals surface area contributed by atoms with E-state index in [2.05, 4.69) is 4.99 Å². The van der Waals surface area contributed by atoms with Gasteiger partial charge in [0, 0.05) is 0 Å². The highest BCUT2D eigenvalue weighted by Gasteiger charge is 2.22. The van der Waals surface area contributed by atoms with Gasteiger partial charge in [-0.1, -0.05) is 0 Å². The Morgan fingerprint density at radius 1 is 1.88 bits per heavy atom. The Morgan fingerprint density at radius 3 is 2.50 bits per heavy atom. The summed E-state index contributed by atoms with van der Waals surface area (Å²) in [6.45, 7) is 0.598. The zero-order valence-electron chi connectivity index (χ0n) is 4.39. The van der Waals surface area contributed by atoms with Crippen molar-refractivity contribution in [2.24, 2.45) is 22.4 Å². The summed E-state index contributed by atoms with van der Waals surface area (Å²) in [5.74, 6) is 0.560. The summed E-state index contributed by atoms with van der Waals surface area (Å²) in [5, 5.41) is 6.90. The Labute approximate surface area is 47.1 Å². The first-order valence-electron chi connectivity index (χ1n) is 2.35. The smallest absolute Gasteiger partial charge is 0.106 e. The highest BCUT2D eigenvalue weighted by atomic mass is 15.0. The molecule has 0 aromatic carbocycles. The van der Waals surface area contributed by atoms with E-state index in [0.717, 1.165) is 0 Å². The number of nitrogens with two attached hydrogens (primary N) is 2. The van der Waals surface area contributed by atoms with Crippen LogP contribution in [-0.2, 0) is 0 Å². The zero-order valence-corrected chi connectivity index (χ0v) is 4.39. The van der Waals surface area contributed by atoms with Crippen LogP contribution in [0.4, 0.5) is 0 Å². The van der Waals surface area contributed by atoms with E-state index in [1.54, 1.807) is 0 Å². The predicted molar refractivity (Wildman–Crippen MR) is 31.9 cm³/mol. The molecule has 4 nitrogen and oxygen atoms in total. The van der Waals surface area contributed by atoms with Crippen LogP contribution < -0.4 is 11.5 Å². The van der Waals surface area contributed by atoms with Gasteiger partial charge in [-0.2, -0.15) is 0 Å². The lowest BCUT2D eigenvalue weighted by atomic mass is 10.0. The molecule has 1 aliphatic rings. The highest BCUT2D eigenvalue weighted by molar-refractivity contribution is 6.06. The maximum Gasteiger partial charge on any atom is 0.106 e. The highest BCUT2D eigenvalue weighted by Crippen LogP contribution is 2.06. The second-order valence-corrected chi connectivity index (χ2v) is 1.77. The van der Waals surface area contributed by atoms with Gasteiger partial charge >= 0.3 is 0 Å². The minimum atomic E-state index is -0.0602. The van der Waals surface area contributed by atoms with E-state index >= 15 is 0 Å².